The van der Waals surface area contributed by atoms with Crippen molar-refractivity contribution in [2.45, 2.75) is 38.8 Å². The van der Waals surface area contributed by atoms with Crippen molar-refractivity contribution in [3.8, 4) is 0 Å². The van der Waals surface area contributed by atoms with Gasteiger partial charge >= 0.3 is 5.97 Å². The smallest absolute Gasteiger partial charge is 0.337 e. The van der Waals surface area contributed by atoms with Crippen molar-refractivity contribution in [2.24, 2.45) is 0 Å². The van der Waals surface area contributed by atoms with Gasteiger partial charge in [-0.1, -0.05) is 35.9 Å². The normalized spacial score (nSPS) is 12.8. The highest BCUT2D eigenvalue weighted by molar-refractivity contribution is 6.30. The lowest BCUT2D eigenvalue weighted by Crippen LogP contribution is -2.26. The van der Waals surface area contributed by atoms with Crippen molar-refractivity contribution in [3.63, 3.8) is 0 Å². The summed E-state index contributed by atoms with van der Waals surface area (Å²) in [5.74, 6) is -0.471. The predicted octanol–water partition coefficient (Wildman–Crippen LogP) is 4.79. The van der Waals surface area contributed by atoms with E-state index in [1.807, 2.05) is 42.5 Å². The third-order valence-corrected chi connectivity index (χ3v) is 5.97. The Morgan fingerprint density at radius 2 is 1.68 bits per heavy atom. The first kappa shape index (κ1) is 21.2. The number of benzene rings is 2. The molecule has 1 N–H and O–H groups in total. The molecule has 3 aromatic rings. The molecule has 0 saturated heterocycles. The lowest BCUT2D eigenvalue weighted by Gasteiger charge is -2.17. The molecule has 0 fully saturated rings. The summed E-state index contributed by atoms with van der Waals surface area (Å²) in [4.78, 5) is 24.7. The topological polar surface area (TPSA) is 60.3 Å². The van der Waals surface area contributed by atoms with Gasteiger partial charge in [0.1, 0.15) is 5.69 Å². The van der Waals surface area contributed by atoms with E-state index in [2.05, 4.69) is 9.88 Å². The molecule has 0 unspecified atom stereocenters. The van der Waals surface area contributed by atoms with Gasteiger partial charge in [0.25, 0.3) is 5.91 Å². The predicted molar refractivity (Wildman–Crippen MR) is 121 cm³/mol. The molecule has 5 nitrogen and oxygen atoms in total. The molecule has 0 radical (unpaired) electrons. The summed E-state index contributed by atoms with van der Waals surface area (Å²) in [6, 6.07) is 16.9. The van der Waals surface area contributed by atoms with Gasteiger partial charge in [-0.2, -0.15) is 0 Å². The molecule has 1 heterocycles. The van der Waals surface area contributed by atoms with Crippen LogP contribution in [0.2, 0.25) is 5.02 Å². The number of carbonyl (C=O) groups is 2. The number of rotatable bonds is 6. The van der Waals surface area contributed by atoms with Crippen LogP contribution in [0.5, 0.6) is 0 Å². The summed E-state index contributed by atoms with van der Waals surface area (Å²) in [5.41, 5.74) is 5.74. The first-order chi connectivity index (χ1) is 15.0. The Balaban J connectivity index is 1.52. The van der Waals surface area contributed by atoms with Crippen molar-refractivity contribution in [3.05, 3.63) is 93.3 Å². The Hall–Kier alpha value is -3.05. The van der Waals surface area contributed by atoms with Crippen LogP contribution < -0.4 is 5.32 Å². The van der Waals surface area contributed by atoms with Crippen LogP contribution >= 0.6 is 11.6 Å². The molecular formula is C25H25ClN2O3. The van der Waals surface area contributed by atoms with Crippen LogP contribution in [0.3, 0.4) is 0 Å². The van der Waals surface area contributed by atoms with Gasteiger partial charge in [-0.25, -0.2) is 4.79 Å². The standard InChI is InChI=1S/C25H25ClN2O3/c1-31-25(30)19-10-6-17(7-11-19)15-27-24(29)23-14-20-4-2-3-5-22(20)28(23)16-18-8-12-21(26)13-9-18/h6-14H,2-5,15-16H2,1H3,(H,27,29). The first-order valence-corrected chi connectivity index (χ1v) is 10.8. The highest BCUT2D eigenvalue weighted by Gasteiger charge is 2.22. The number of amides is 1. The first-order valence-electron chi connectivity index (χ1n) is 10.5. The number of carbonyl (C=O) groups excluding carboxylic acids is 2. The van der Waals surface area contributed by atoms with Crippen LogP contribution in [0.1, 0.15) is 56.1 Å². The molecule has 31 heavy (non-hydrogen) atoms. The fraction of sp³-hybridized carbons (Fsp3) is 0.280. The Morgan fingerprint density at radius 3 is 2.39 bits per heavy atom. The number of fused-ring (bicyclic) bond motifs is 1. The van der Waals surface area contributed by atoms with E-state index in [4.69, 9.17) is 16.3 Å². The maximum absolute atomic E-state index is 13.1. The zero-order chi connectivity index (χ0) is 21.8. The van der Waals surface area contributed by atoms with E-state index in [0.717, 1.165) is 36.8 Å². The van der Waals surface area contributed by atoms with Crippen LogP contribution in [0.25, 0.3) is 0 Å². The monoisotopic (exact) mass is 436 g/mol. The molecule has 1 aromatic heterocycles. The van der Waals surface area contributed by atoms with Crippen molar-refractivity contribution in [2.75, 3.05) is 7.11 Å². The Morgan fingerprint density at radius 1 is 1.00 bits per heavy atom. The average Bonchev–Trinajstić information content (AvgIpc) is 3.17. The van der Waals surface area contributed by atoms with Crippen molar-refractivity contribution in [1.82, 2.24) is 9.88 Å². The summed E-state index contributed by atoms with van der Waals surface area (Å²) in [7, 11) is 1.36. The molecule has 2 aromatic carbocycles. The van der Waals surface area contributed by atoms with Crippen LogP contribution in [0.15, 0.2) is 54.6 Å². The number of ether oxygens (including phenoxy) is 1. The number of nitrogens with one attached hydrogen (secondary N) is 1. The van der Waals surface area contributed by atoms with Gasteiger partial charge in [0, 0.05) is 23.8 Å². The number of aromatic nitrogens is 1. The minimum atomic E-state index is -0.374. The number of hydrogen-bond acceptors (Lipinski definition) is 3. The number of hydrogen-bond donors (Lipinski definition) is 1. The van der Waals surface area contributed by atoms with Gasteiger partial charge < -0.3 is 14.6 Å². The Labute approximate surface area is 187 Å². The van der Waals surface area contributed by atoms with Crippen molar-refractivity contribution in [1.29, 1.82) is 0 Å². The third-order valence-electron chi connectivity index (χ3n) is 5.72. The molecule has 0 bridgehead atoms. The maximum atomic E-state index is 13.1. The largest absolute Gasteiger partial charge is 0.465 e. The fourth-order valence-electron chi connectivity index (χ4n) is 4.06. The van der Waals surface area contributed by atoms with Crippen LogP contribution in [0.4, 0.5) is 0 Å². The van der Waals surface area contributed by atoms with E-state index < -0.39 is 0 Å². The second-order valence-corrected chi connectivity index (χ2v) is 8.23. The molecule has 0 spiro atoms. The molecule has 0 saturated carbocycles. The SMILES string of the molecule is COC(=O)c1ccc(CNC(=O)c2cc3c(n2Cc2ccc(Cl)cc2)CCCC3)cc1. The third kappa shape index (κ3) is 4.83. The van der Waals surface area contributed by atoms with E-state index in [1.54, 1.807) is 12.1 Å². The maximum Gasteiger partial charge on any atom is 0.337 e. The second kappa shape index (κ2) is 9.40. The summed E-state index contributed by atoms with van der Waals surface area (Å²) < 4.78 is 6.87. The van der Waals surface area contributed by atoms with E-state index >= 15 is 0 Å². The fourth-order valence-corrected chi connectivity index (χ4v) is 4.18. The van der Waals surface area contributed by atoms with Gasteiger partial charge in [0.05, 0.1) is 12.7 Å². The van der Waals surface area contributed by atoms with Gasteiger partial charge in [-0.05, 0) is 72.7 Å². The highest BCUT2D eigenvalue weighted by Crippen LogP contribution is 2.26. The lowest BCUT2D eigenvalue weighted by atomic mass is 9.98. The molecule has 4 rings (SSSR count). The summed E-state index contributed by atoms with van der Waals surface area (Å²) in [5, 5.41) is 3.73. The molecule has 1 aliphatic rings. The van der Waals surface area contributed by atoms with Crippen LogP contribution in [-0.4, -0.2) is 23.6 Å². The Kier molecular flexibility index (Phi) is 6.42. The minimum absolute atomic E-state index is 0.0968. The zero-order valence-electron chi connectivity index (χ0n) is 17.5. The molecule has 1 amide bonds. The van der Waals surface area contributed by atoms with Crippen molar-refractivity contribution < 1.29 is 14.3 Å². The lowest BCUT2D eigenvalue weighted by molar-refractivity contribution is 0.0600. The number of methoxy groups -OCH3 is 1. The number of aryl methyl sites for hydroxylation is 1. The summed E-state index contributed by atoms with van der Waals surface area (Å²) >= 11 is 6.03. The van der Waals surface area contributed by atoms with Crippen molar-refractivity contribution >= 4 is 23.5 Å². The average molecular weight is 437 g/mol. The quantitative estimate of drug-likeness (QED) is 0.565. The van der Waals surface area contributed by atoms with Crippen LogP contribution in [-0.2, 0) is 30.7 Å². The highest BCUT2D eigenvalue weighted by atomic mass is 35.5. The molecule has 160 valence electrons. The number of halogens is 1. The molecule has 0 aliphatic heterocycles. The molecular weight excluding hydrogens is 412 g/mol. The van der Waals surface area contributed by atoms with Crippen LogP contribution in [0, 0.1) is 0 Å². The van der Waals surface area contributed by atoms with E-state index in [1.165, 1.54) is 18.4 Å². The number of esters is 1. The van der Waals surface area contributed by atoms with Gasteiger partial charge in [-0.3, -0.25) is 4.79 Å². The van der Waals surface area contributed by atoms with Gasteiger partial charge in [0.15, 0.2) is 0 Å². The Bertz CT molecular complexity index is 1090. The minimum Gasteiger partial charge on any atom is -0.465 e. The molecule has 6 heteroatoms. The van der Waals surface area contributed by atoms with E-state index in [0.29, 0.717) is 29.4 Å². The number of nitrogens with zero attached hydrogens (tertiary/aromatic N) is 1. The summed E-state index contributed by atoms with van der Waals surface area (Å²) in [6.07, 6.45) is 4.31. The summed E-state index contributed by atoms with van der Waals surface area (Å²) in [6.45, 7) is 1.03. The molecule has 0 atom stereocenters. The zero-order valence-corrected chi connectivity index (χ0v) is 18.2. The van der Waals surface area contributed by atoms with E-state index in [9.17, 15) is 9.59 Å². The van der Waals surface area contributed by atoms with E-state index in [-0.39, 0.29) is 11.9 Å². The van der Waals surface area contributed by atoms with Gasteiger partial charge in [0.2, 0.25) is 0 Å². The van der Waals surface area contributed by atoms with Gasteiger partial charge in [-0.15, -0.1) is 0 Å². The molecule has 1 aliphatic carbocycles. The second-order valence-electron chi connectivity index (χ2n) is 7.79.